The van der Waals surface area contributed by atoms with Gasteiger partial charge in [0.15, 0.2) is 6.04 Å². The van der Waals surface area contributed by atoms with E-state index < -0.39 is 36.0 Å². The molecule has 0 saturated carbocycles. The molecule has 1 amide bonds. The second kappa shape index (κ2) is 6.81. The second-order valence-corrected chi connectivity index (χ2v) is 3.60. The van der Waals surface area contributed by atoms with Gasteiger partial charge in [-0.25, -0.2) is 4.79 Å². The summed E-state index contributed by atoms with van der Waals surface area (Å²) < 4.78 is 0. The lowest BCUT2D eigenvalue weighted by Gasteiger charge is -2.19. The van der Waals surface area contributed by atoms with Gasteiger partial charge in [-0.3, -0.25) is 9.59 Å². The van der Waals surface area contributed by atoms with E-state index in [0.717, 1.165) is 0 Å². The number of carbonyl (C=O) groups is 3. The Morgan fingerprint density at radius 1 is 1.29 bits per heavy atom. The lowest BCUT2D eigenvalue weighted by molar-refractivity contribution is -0.145. The molecule has 8 nitrogen and oxygen atoms in total. The van der Waals surface area contributed by atoms with Gasteiger partial charge in [-0.05, 0) is 13.3 Å². The highest BCUT2D eigenvalue weighted by atomic mass is 16.4. The number of hydrogen-bond donors (Lipinski definition) is 5. The van der Waals surface area contributed by atoms with Crippen molar-refractivity contribution in [3.63, 3.8) is 0 Å². The maximum absolute atomic E-state index is 11.4. The van der Waals surface area contributed by atoms with E-state index in [9.17, 15) is 14.4 Å². The van der Waals surface area contributed by atoms with Gasteiger partial charge in [0.05, 0.1) is 12.1 Å². The zero-order valence-corrected chi connectivity index (χ0v) is 9.29. The molecule has 8 heteroatoms. The van der Waals surface area contributed by atoms with Crippen molar-refractivity contribution in [1.82, 2.24) is 5.32 Å². The molecule has 0 aromatic rings. The monoisotopic (exact) mass is 248 g/mol. The molecule has 0 aliphatic carbocycles. The number of nitrogens with two attached hydrogens (primary N) is 1. The van der Waals surface area contributed by atoms with E-state index in [1.54, 1.807) is 0 Å². The first-order chi connectivity index (χ1) is 7.75. The highest BCUT2D eigenvalue weighted by Gasteiger charge is 2.27. The summed E-state index contributed by atoms with van der Waals surface area (Å²) in [7, 11) is 0. The van der Waals surface area contributed by atoms with Gasteiger partial charge in [-0.2, -0.15) is 0 Å². The smallest absolute Gasteiger partial charge is 0.328 e. The second-order valence-electron chi connectivity index (χ2n) is 3.60. The van der Waals surface area contributed by atoms with Crippen molar-refractivity contribution in [2.24, 2.45) is 5.73 Å². The number of nitrogens with one attached hydrogen (secondary N) is 1. The van der Waals surface area contributed by atoms with Crippen LogP contribution < -0.4 is 11.1 Å². The standard InChI is InChI=1S/C9H16N2O6/c1-4(12)7(9(16)17)11-8(15)5(10)2-3-6(13)14/h4-5,7,12H,2-3,10H2,1H3,(H,11,15)(H,13,14)(H,16,17)/t4?,5-,7-/m0/s1. The van der Waals surface area contributed by atoms with Gasteiger partial charge in [0.25, 0.3) is 0 Å². The predicted octanol–water partition coefficient (Wildman–Crippen LogP) is -1.87. The van der Waals surface area contributed by atoms with E-state index in [1.165, 1.54) is 6.92 Å². The van der Waals surface area contributed by atoms with Gasteiger partial charge in [-0.1, -0.05) is 0 Å². The van der Waals surface area contributed by atoms with Crippen LogP contribution in [0.5, 0.6) is 0 Å². The number of carbonyl (C=O) groups excluding carboxylic acids is 1. The molecule has 6 N–H and O–H groups in total. The number of amides is 1. The van der Waals surface area contributed by atoms with E-state index in [-0.39, 0.29) is 12.8 Å². The fourth-order valence-corrected chi connectivity index (χ4v) is 1.06. The Kier molecular flexibility index (Phi) is 6.15. The number of aliphatic hydroxyl groups is 1. The van der Waals surface area contributed by atoms with Crippen molar-refractivity contribution in [2.75, 3.05) is 0 Å². The van der Waals surface area contributed by atoms with Crippen LogP contribution in [0.4, 0.5) is 0 Å². The highest BCUT2D eigenvalue weighted by molar-refractivity contribution is 5.87. The number of aliphatic carboxylic acids is 2. The quantitative estimate of drug-likeness (QED) is 0.354. The van der Waals surface area contributed by atoms with Gasteiger partial charge in [0.2, 0.25) is 5.91 Å². The maximum Gasteiger partial charge on any atom is 0.328 e. The molecule has 0 aromatic carbocycles. The van der Waals surface area contributed by atoms with E-state index >= 15 is 0 Å². The van der Waals surface area contributed by atoms with E-state index in [0.29, 0.717) is 0 Å². The topological polar surface area (TPSA) is 150 Å². The molecule has 0 radical (unpaired) electrons. The van der Waals surface area contributed by atoms with Crippen LogP contribution in [-0.2, 0) is 14.4 Å². The minimum absolute atomic E-state index is 0.104. The summed E-state index contributed by atoms with van der Waals surface area (Å²) in [6.07, 6.45) is -1.67. The van der Waals surface area contributed by atoms with Crippen LogP contribution in [0.15, 0.2) is 0 Å². The number of rotatable bonds is 7. The first-order valence-electron chi connectivity index (χ1n) is 4.94. The van der Waals surface area contributed by atoms with Crippen LogP contribution in [0.25, 0.3) is 0 Å². The molecule has 0 rings (SSSR count). The Morgan fingerprint density at radius 2 is 1.82 bits per heavy atom. The van der Waals surface area contributed by atoms with Gasteiger partial charge in [0.1, 0.15) is 0 Å². The average Bonchev–Trinajstić information content (AvgIpc) is 2.20. The number of carboxylic acids is 2. The molecule has 0 fully saturated rings. The maximum atomic E-state index is 11.4. The molecule has 0 heterocycles. The van der Waals surface area contributed by atoms with E-state index in [4.69, 9.17) is 21.1 Å². The Labute approximate surface area is 97.4 Å². The van der Waals surface area contributed by atoms with Crippen LogP contribution in [0.3, 0.4) is 0 Å². The fraction of sp³-hybridized carbons (Fsp3) is 0.667. The number of hydrogen-bond acceptors (Lipinski definition) is 5. The van der Waals surface area contributed by atoms with E-state index in [2.05, 4.69) is 0 Å². The highest BCUT2D eigenvalue weighted by Crippen LogP contribution is 1.98. The minimum atomic E-state index is -1.46. The van der Waals surface area contributed by atoms with Crippen LogP contribution in [0.2, 0.25) is 0 Å². The van der Waals surface area contributed by atoms with Crippen LogP contribution in [-0.4, -0.2) is 51.4 Å². The molecule has 3 atom stereocenters. The molecule has 1 unspecified atom stereocenters. The molecular weight excluding hydrogens is 232 g/mol. The molecule has 0 aliphatic heterocycles. The van der Waals surface area contributed by atoms with Crippen molar-refractivity contribution in [3.05, 3.63) is 0 Å². The third-order valence-corrected chi connectivity index (χ3v) is 2.05. The molecular formula is C9H16N2O6. The fourth-order valence-electron chi connectivity index (χ4n) is 1.06. The van der Waals surface area contributed by atoms with Crippen molar-refractivity contribution in [1.29, 1.82) is 0 Å². The first-order valence-corrected chi connectivity index (χ1v) is 4.94. The van der Waals surface area contributed by atoms with Crippen molar-refractivity contribution < 1.29 is 29.7 Å². The molecule has 0 bridgehead atoms. The van der Waals surface area contributed by atoms with Crippen LogP contribution in [0.1, 0.15) is 19.8 Å². The number of aliphatic hydroxyl groups excluding tert-OH is 1. The summed E-state index contributed by atoms with van der Waals surface area (Å²) >= 11 is 0. The normalized spacial score (nSPS) is 15.7. The van der Waals surface area contributed by atoms with Crippen LogP contribution in [0, 0.1) is 0 Å². The lowest BCUT2D eigenvalue weighted by atomic mass is 10.1. The Balaban J connectivity index is 4.31. The summed E-state index contributed by atoms with van der Waals surface area (Å²) in [5.74, 6) is -3.29. The largest absolute Gasteiger partial charge is 0.481 e. The molecule has 98 valence electrons. The Bertz CT molecular complexity index is 304. The van der Waals surface area contributed by atoms with Crippen molar-refractivity contribution in [3.8, 4) is 0 Å². The molecule has 0 saturated heterocycles. The van der Waals surface area contributed by atoms with Crippen molar-refractivity contribution >= 4 is 17.8 Å². The SMILES string of the molecule is CC(O)[C@H](NC(=O)[C@@H](N)CCC(=O)O)C(=O)O. The van der Waals surface area contributed by atoms with E-state index in [1.807, 2.05) is 5.32 Å². The first kappa shape index (κ1) is 15.3. The Morgan fingerprint density at radius 3 is 2.18 bits per heavy atom. The van der Waals surface area contributed by atoms with Gasteiger partial charge in [-0.15, -0.1) is 0 Å². The predicted molar refractivity (Wildman–Crippen MR) is 56.1 cm³/mol. The summed E-state index contributed by atoms with van der Waals surface area (Å²) in [6, 6.07) is -2.58. The molecule has 0 aromatic heterocycles. The number of carboxylic acid groups (broad SMARTS) is 2. The zero-order chi connectivity index (χ0) is 13.6. The summed E-state index contributed by atoms with van der Waals surface area (Å²) in [5.41, 5.74) is 5.36. The molecule has 0 aliphatic rings. The Hall–Kier alpha value is -1.67. The van der Waals surface area contributed by atoms with Gasteiger partial charge in [0, 0.05) is 6.42 Å². The van der Waals surface area contributed by atoms with Gasteiger partial charge < -0.3 is 26.4 Å². The molecule has 17 heavy (non-hydrogen) atoms. The third-order valence-electron chi connectivity index (χ3n) is 2.05. The average molecular weight is 248 g/mol. The summed E-state index contributed by atoms with van der Waals surface area (Å²) in [4.78, 5) is 32.3. The third kappa shape index (κ3) is 5.83. The van der Waals surface area contributed by atoms with Gasteiger partial charge >= 0.3 is 11.9 Å². The minimum Gasteiger partial charge on any atom is -0.481 e. The zero-order valence-electron chi connectivity index (χ0n) is 9.29. The molecule has 0 spiro atoms. The summed E-state index contributed by atoms with van der Waals surface area (Å²) in [6.45, 7) is 1.21. The summed E-state index contributed by atoms with van der Waals surface area (Å²) in [5, 5.41) is 28.2. The lowest BCUT2D eigenvalue weighted by Crippen LogP contribution is -2.52. The van der Waals surface area contributed by atoms with Crippen LogP contribution >= 0.6 is 0 Å². The van der Waals surface area contributed by atoms with Crippen molar-refractivity contribution in [2.45, 2.75) is 38.0 Å².